The van der Waals surface area contributed by atoms with Gasteiger partial charge in [-0.05, 0) is 17.2 Å². The van der Waals surface area contributed by atoms with Gasteiger partial charge >= 0.3 is 5.97 Å². The monoisotopic (exact) mass is 246 g/mol. The van der Waals surface area contributed by atoms with Crippen LogP contribution in [-0.2, 0) is 16.5 Å². The lowest BCUT2D eigenvalue weighted by molar-refractivity contribution is -0.136. The maximum absolute atomic E-state index is 13.1. The Balaban J connectivity index is 2.91. The quantitative estimate of drug-likeness (QED) is 0.832. The number of hydrogen-bond acceptors (Lipinski definition) is 1. The maximum Gasteiger partial charge on any atom is 0.307 e. The smallest absolute Gasteiger partial charge is 0.307 e. The molecule has 70 valence electrons. The van der Waals surface area contributed by atoms with E-state index in [0.29, 0.717) is 5.33 Å². The van der Waals surface area contributed by atoms with Crippen LogP contribution >= 0.6 is 15.9 Å². The number of carboxylic acids is 1. The molecular weight excluding hydrogens is 239 g/mol. The number of benzene rings is 1. The number of halogens is 2. The van der Waals surface area contributed by atoms with Crippen LogP contribution in [0.5, 0.6) is 0 Å². The lowest BCUT2D eigenvalue weighted by Crippen LogP contribution is -2.02. The first-order valence-corrected chi connectivity index (χ1v) is 4.80. The number of carbonyl (C=O) groups is 1. The molecule has 0 saturated heterocycles. The number of carboxylic acid groups (broad SMARTS) is 1. The second kappa shape index (κ2) is 4.37. The van der Waals surface area contributed by atoms with Crippen LogP contribution in [-0.4, -0.2) is 11.1 Å². The van der Waals surface area contributed by atoms with E-state index in [1.165, 1.54) is 12.1 Å². The normalized spacial score (nSPS) is 10.0. The summed E-state index contributed by atoms with van der Waals surface area (Å²) in [6.07, 6.45) is -0.269. The van der Waals surface area contributed by atoms with E-state index in [9.17, 15) is 9.18 Å². The Kier molecular flexibility index (Phi) is 3.42. The highest BCUT2D eigenvalue weighted by Gasteiger charge is 2.06. The van der Waals surface area contributed by atoms with Gasteiger partial charge in [-0.3, -0.25) is 4.79 Å². The Hall–Kier alpha value is -0.900. The molecule has 0 spiro atoms. The third kappa shape index (κ3) is 2.81. The van der Waals surface area contributed by atoms with Gasteiger partial charge in [0.15, 0.2) is 0 Å². The van der Waals surface area contributed by atoms with Crippen LogP contribution in [0.2, 0.25) is 0 Å². The van der Waals surface area contributed by atoms with Gasteiger partial charge in [-0.2, -0.15) is 0 Å². The number of rotatable bonds is 3. The Morgan fingerprint density at radius 3 is 2.69 bits per heavy atom. The molecule has 0 unspecified atom stereocenters. The van der Waals surface area contributed by atoms with Crippen LogP contribution in [0.15, 0.2) is 18.2 Å². The Morgan fingerprint density at radius 1 is 1.54 bits per heavy atom. The summed E-state index contributed by atoms with van der Waals surface area (Å²) in [6.45, 7) is 0. The SMILES string of the molecule is O=C(O)Cc1ccc(CBr)cc1F. The molecule has 0 aliphatic rings. The zero-order valence-corrected chi connectivity index (χ0v) is 8.34. The maximum atomic E-state index is 13.1. The van der Waals surface area contributed by atoms with Gasteiger partial charge in [-0.1, -0.05) is 28.1 Å². The van der Waals surface area contributed by atoms with Crippen molar-refractivity contribution in [2.75, 3.05) is 0 Å². The van der Waals surface area contributed by atoms with Crippen molar-refractivity contribution in [1.29, 1.82) is 0 Å². The first kappa shape index (κ1) is 10.2. The summed E-state index contributed by atoms with van der Waals surface area (Å²) in [7, 11) is 0. The molecule has 1 aromatic rings. The van der Waals surface area contributed by atoms with Crippen LogP contribution in [0.25, 0.3) is 0 Å². The van der Waals surface area contributed by atoms with Crippen molar-refractivity contribution in [3.63, 3.8) is 0 Å². The molecule has 0 aromatic heterocycles. The van der Waals surface area contributed by atoms with Crippen molar-refractivity contribution in [3.05, 3.63) is 35.1 Å². The lowest BCUT2D eigenvalue weighted by atomic mass is 10.1. The van der Waals surface area contributed by atoms with Crippen molar-refractivity contribution >= 4 is 21.9 Å². The fourth-order valence-corrected chi connectivity index (χ4v) is 1.33. The van der Waals surface area contributed by atoms with Crippen molar-refractivity contribution < 1.29 is 14.3 Å². The topological polar surface area (TPSA) is 37.3 Å². The molecule has 0 aliphatic heterocycles. The summed E-state index contributed by atoms with van der Waals surface area (Å²) in [5.41, 5.74) is 1.02. The van der Waals surface area contributed by atoms with E-state index in [4.69, 9.17) is 5.11 Å². The second-order valence-corrected chi connectivity index (χ2v) is 3.19. The molecule has 0 saturated carbocycles. The highest BCUT2D eigenvalue weighted by molar-refractivity contribution is 9.08. The van der Waals surface area contributed by atoms with E-state index in [-0.39, 0.29) is 12.0 Å². The fraction of sp³-hybridized carbons (Fsp3) is 0.222. The van der Waals surface area contributed by atoms with E-state index in [1.54, 1.807) is 6.07 Å². The first-order valence-electron chi connectivity index (χ1n) is 3.68. The molecule has 0 bridgehead atoms. The molecule has 1 rings (SSSR count). The third-order valence-electron chi connectivity index (χ3n) is 1.61. The predicted molar refractivity (Wildman–Crippen MR) is 50.4 cm³/mol. The minimum Gasteiger partial charge on any atom is -0.481 e. The average molecular weight is 247 g/mol. The third-order valence-corrected chi connectivity index (χ3v) is 2.26. The highest BCUT2D eigenvalue weighted by atomic mass is 79.9. The zero-order valence-electron chi connectivity index (χ0n) is 6.76. The second-order valence-electron chi connectivity index (χ2n) is 2.63. The Morgan fingerprint density at radius 2 is 2.23 bits per heavy atom. The van der Waals surface area contributed by atoms with Crippen LogP contribution < -0.4 is 0 Å². The summed E-state index contributed by atoms with van der Waals surface area (Å²) in [6, 6.07) is 4.54. The largest absolute Gasteiger partial charge is 0.481 e. The van der Waals surface area contributed by atoms with Gasteiger partial charge in [-0.25, -0.2) is 4.39 Å². The minimum atomic E-state index is -1.02. The molecule has 13 heavy (non-hydrogen) atoms. The van der Waals surface area contributed by atoms with E-state index in [2.05, 4.69) is 15.9 Å². The molecule has 2 nitrogen and oxygen atoms in total. The summed E-state index contributed by atoms with van der Waals surface area (Å²) in [4.78, 5) is 10.3. The molecule has 0 fully saturated rings. The van der Waals surface area contributed by atoms with Crippen molar-refractivity contribution in [3.8, 4) is 0 Å². The van der Waals surface area contributed by atoms with E-state index in [1.807, 2.05) is 0 Å². The summed E-state index contributed by atoms with van der Waals surface area (Å²) in [5, 5.41) is 9.01. The van der Waals surface area contributed by atoms with Gasteiger partial charge in [0.1, 0.15) is 5.82 Å². The predicted octanol–water partition coefficient (Wildman–Crippen LogP) is 2.35. The lowest BCUT2D eigenvalue weighted by Gasteiger charge is -2.01. The molecule has 4 heteroatoms. The van der Waals surface area contributed by atoms with Crippen LogP contribution in [0.4, 0.5) is 4.39 Å². The van der Waals surface area contributed by atoms with Crippen LogP contribution in [0, 0.1) is 5.82 Å². The van der Waals surface area contributed by atoms with E-state index < -0.39 is 11.8 Å². The fourth-order valence-electron chi connectivity index (χ4n) is 0.980. The zero-order chi connectivity index (χ0) is 9.84. The van der Waals surface area contributed by atoms with Crippen LogP contribution in [0.3, 0.4) is 0 Å². The highest BCUT2D eigenvalue weighted by Crippen LogP contribution is 2.13. The van der Waals surface area contributed by atoms with Crippen LogP contribution in [0.1, 0.15) is 11.1 Å². The van der Waals surface area contributed by atoms with Gasteiger partial charge < -0.3 is 5.11 Å². The van der Waals surface area contributed by atoms with E-state index >= 15 is 0 Å². The van der Waals surface area contributed by atoms with Gasteiger partial charge in [-0.15, -0.1) is 0 Å². The van der Waals surface area contributed by atoms with Gasteiger partial charge in [0, 0.05) is 5.33 Å². The standard InChI is InChI=1S/C9H8BrFO2/c10-5-6-1-2-7(4-9(12)13)8(11)3-6/h1-3H,4-5H2,(H,12,13). The van der Waals surface area contributed by atoms with Crippen molar-refractivity contribution in [2.24, 2.45) is 0 Å². The molecule has 0 amide bonds. The first-order chi connectivity index (χ1) is 6.13. The molecule has 0 heterocycles. The molecular formula is C9H8BrFO2. The number of hydrogen-bond donors (Lipinski definition) is 1. The summed E-state index contributed by atoms with van der Waals surface area (Å²) < 4.78 is 13.1. The van der Waals surface area contributed by atoms with Gasteiger partial charge in [0.25, 0.3) is 0 Å². The molecule has 0 aliphatic carbocycles. The molecule has 0 radical (unpaired) electrons. The molecule has 1 aromatic carbocycles. The Labute approximate surface area is 83.5 Å². The van der Waals surface area contributed by atoms with Crippen molar-refractivity contribution in [2.45, 2.75) is 11.8 Å². The number of alkyl halides is 1. The number of aliphatic carboxylic acids is 1. The molecule has 1 N–H and O–H groups in total. The average Bonchev–Trinajstić information content (AvgIpc) is 2.08. The van der Waals surface area contributed by atoms with Crippen molar-refractivity contribution in [1.82, 2.24) is 0 Å². The molecule has 0 atom stereocenters. The van der Waals surface area contributed by atoms with Gasteiger partial charge in [0.05, 0.1) is 6.42 Å². The van der Waals surface area contributed by atoms with Gasteiger partial charge in [0.2, 0.25) is 0 Å². The minimum absolute atomic E-state index is 0.220. The summed E-state index contributed by atoms with van der Waals surface area (Å²) >= 11 is 3.18. The summed E-state index contributed by atoms with van der Waals surface area (Å²) in [5.74, 6) is -1.48. The van der Waals surface area contributed by atoms with E-state index in [0.717, 1.165) is 5.56 Å². The Bertz CT molecular complexity index is 325.